The monoisotopic (exact) mass is 652 g/mol. The zero-order chi connectivity index (χ0) is 31.6. The molecule has 1 fully saturated rings. The average Bonchev–Trinajstić information content (AvgIpc) is 3.08. The van der Waals surface area contributed by atoms with Crippen LogP contribution in [0.1, 0.15) is 6.23 Å². The van der Waals surface area contributed by atoms with Crippen LogP contribution in [-0.4, -0.2) is 126 Å². The lowest BCUT2D eigenvalue weighted by molar-refractivity contribution is -0.127. The van der Waals surface area contributed by atoms with E-state index in [1.54, 1.807) is 0 Å². The van der Waals surface area contributed by atoms with E-state index < -0.39 is 90.8 Å². The molecule has 0 saturated carbocycles. The van der Waals surface area contributed by atoms with Gasteiger partial charge in [0.1, 0.15) is 36.6 Å². The summed E-state index contributed by atoms with van der Waals surface area (Å²) < 4.78 is 42.5. The van der Waals surface area contributed by atoms with Gasteiger partial charge in [0.2, 0.25) is 0 Å². The van der Waals surface area contributed by atoms with Gasteiger partial charge in [-0.1, -0.05) is 0 Å². The van der Waals surface area contributed by atoms with Gasteiger partial charge in [0, 0.05) is 12.3 Å². The number of carbonyl (C=O) groups excluding carboxylic acids is 1. The molecule has 2 rings (SSSR count). The Kier molecular flexibility index (Phi) is 15.5. The van der Waals surface area contributed by atoms with Crippen LogP contribution in [0.2, 0.25) is 0 Å². The Balaban J connectivity index is 0.000000596. The Morgan fingerprint density at radius 1 is 0.975 bits per heavy atom. The van der Waals surface area contributed by atoms with Crippen molar-refractivity contribution in [3.05, 3.63) is 33.1 Å². The normalized spacial score (nSPS) is 23.6. The molecule has 23 nitrogen and oxygen atoms in total. The molecule has 0 aliphatic carbocycles. The number of ether oxygens (including phenoxy) is 1. The summed E-state index contributed by atoms with van der Waals surface area (Å²) in [4.78, 5) is 74.3. The zero-order valence-corrected chi connectivity index (χ0v) is 22.2. The first-order valence-corrected chi connectivity index (χ1v) is 14.6. The number of aliphatic hydroxyl groups is 7. The number of hydrogen-bond donors (Lipinski definition) is 13. The summed E-state index contributed by atoms with van der Waals surface area (Å²) >= 11 is 0. The van der Waals surface area contributed by atoms with E-state index >= 15 is 0 Å². The van der Waals surface area contributed by atoms with Crippen LogP contribution < -0.4 is 11.2 Å². The molecule has 1 aromatic rings. The van der Waals surface area contributed by atoms with E-state index in [0.29, 0.717) is 0 Å². The maximum atomic E-state index is 11.4. The number of aromatic amines is 1. The first-order chi connectivity index (χ1) is 18.1. The molecule has 40 heavy (non-hydrogen) atoms. The lowest BCUT2D eigenvalue weighted by Crippen LogP contribution is -2.40. The Hall–Kier alpha value is -1.56. The third-order valence-corrected chi connectivity index (χ3v) is 7.48. The van der Waals surface area contributed by atoms with Gasteiger partial charge in [0.25, 0.3) is 5.56 Å². The summed E-state index contributed by atoms with van der Waals surface area (Å²) in [6.07, 6.45) is -8.21. The Morgan fingerprint density at radius 2 is 1.48 bits per heavy atom. The number of phosphoric acid groups is 3. The van der Waals surface area contributed by atoms with Crippen molar-refractivity contribution in [2.24, 2.45) is 0 Å². The molecule has 0 radical (unpaired) electrons. The van der Waals surface area contributed by atoms with Gasteiger partial charge in [-0.25, -0.2) is 18.5 Å². The Bertz CT molecular complexity index is 1160. The third kappa shape index (κ3) is 13.9. The number of nitrogens with zero attached hydrogens (tertiary/aromatic N) is 1. The van der Waals surface area contributed by atoms with Crippen LogP contribution >= 0.6 is 23.5 Å². The number of H-pyrrole nitrogens is 1. The first kappa shape index (κ1) is 38.4. The second kappa shape index (κ2) is 16.2. The maximum Gasteiger partial charge on any atom is 0.490 e. The molecule has 1 aromatic heterocycles. The highest BCUT2D eigenvalue weighted by atomic mass is 31.3. The van der Waals surface area contributed by atoms with Gasteiger partial charge in [0.15, 0.2) is 12.5 Å². The van der Waals surface area contributed by atoms with E-state index in [0.717, 1.165) is 16.8 Å². The number of aliphatic hydroxyl groups excluding tert-OH is 7. The van der Waals surface area contributed by atoms with Gasteiger partial charge < -0.3 is 69.7 Å². The molecule has 234 valence electrons. The number of carbonyl (C=O) groups is 1. The molecule has 3 unspecified atom stereocenters. The summed E-state index contributed by atoms with van der Waals surface area (Å²) in [6.45, 7) is -1.17. The van der Waals surface area contributed by atoms with E-state index in [4.69, 9.17) is 54.7 Å². The molecule has 7 atom stereocenters. The number of rotatable bonds is 10. The molecule has 0 amide bonds. The number of aromatic nitrogens is 2. The molecule has 26 heteroatoms. The van der Waals surface area contributed by atoms with Gasteiger partial charge in [-0.3, -0.25) is 14.3 Å². The molecule has 0 bridgehead atoms. The number of hydrogen-bond acceptors (Lipinski definition) is 16. The molecule has 0 spiro atoms. The minimum Gasteiger partial charge on any atom is -0.394 e. The molecule has 1 saturated heterocycles. The van der Waals surface area contributed by atoms with Crippen molar-refractivity contribution in [3.63, 3.8) is 0 Å². The highest BCUT2D eigenvalue weighted by molar-refractivity contribution is 7.66. The van der Waals surface area contributed by atoms with Crippen molar-refractivity contribution >= 4 is 29.8 Å². The highest BCUT2D eigenvalue weighted by Gasteiger charge is 2.43. The SMILES string of the molecule is O=CC(O)C(O)C(O)CO.O=P(O)(O)OP(=O)(O)OP(=O)(O)O.O=c1ccn([C@@H]2O[C@H](CO)[C@@H](O)[C@H]2O)c(=O)[nH]1. The van der Waals surface area contributed by atoms with Crippen molar-refractivity contribution in [1.29, 1.82) is 0 Å². The van der Waals surface area contributed by atoms with Gasteiger partial charge in [-0.15, -0.1) is 0 Å². The summed E-state index contributed by atoms with van der Waals surface area (Å²) in [5, 5.41) is 62.1. The van der Waals surface area contributed by atoms with Crippen LogP contribution in [0.4, 0.5) is 0 Å². The van der Waals surface area contributed by atoms with Gasteiger partial charge in [-0.2, -0.15) is 8.62 Å². The van der Waals surface area contributed by atoms with Gasteiger partial charge in [-0.05, 0) is 0 Å². The molecule has 1 aliphatic heterocycles. The van der Waals surface area contributed by atoms with Crippen molar-refractivity contribution in [1.82, 2.24) is 9.55 Å². The maximum absolute atomic E-state index is 11.4. The highest BCUT2D eigenvalue weighted by Crippen LogP contribution is 2.64. The van der Waals surface area contributed by atoms with Crippen LogP contribution in [0, 0.1) is 0 Å². The van der Waals surface area contributed by atoms with E-state index in [2.05, 4.69) is 8.62 Å². The summed E-state index contributed by atoms with van der Waals surface area (Å²) in [7, 11) is -16.2. The van der Waals surface area contributed by atoms with Crippen molar-refractivity contribution in [2.45, 2.75) is 42.9 Å². The molecular weight excluding hydrogens is 625 g/mol. The molecular formula is C14H27N2O21P3. The quantitative estimate of drug-likeness (QED) is 0.0825. The van der Waals surface area contributed by atoms with Crippen LogP contribution in [0.3, 0.4) is 0 Å². The zero-order valence-electron chi connectivity index (χ0n) is 19.5. The molecule has 2 heterocycles. The van der Waals surface area contributed by atoms with E-state index in [1.807, 2.05) is 4.98 Å². The summed E-state index contributed by atoms with van der Waals surface area (Å²) in [5.41, 5.74) is -1.33. The lowest BCUT2D eigenvalue weighted by atomic mass is 10.1. The second-order valence-corrected chi connectivity index (χ2v) is 11.4. The average molecular weight is 652 g/mol. The minimum absolute atomic E-state index is 0.0869. The first-order valence-electron chi connectivity index (χ1n) is 10.00. The second-order valence-electron chi connectivity index (χ2n) is 7.23. The summed E-state index contributed by atoms with van der Waals surface area (Å²) in [6, 6.07) is 1.09. The van der Waals surface area contributed by atoms with Crippen molar-refractivity contribution in [2.75, 3.05) is 13.2 Å². The smallest absolute Gasteiger partial charge is 0.394 e. The number of nitrogens with one attached hydrogen (secondary N) is 1. The third-order valence-electron chi connectivity index (χ3n) is 4.13. The van der Waals surface area contributed by atoms with Crippen molar-refractivity contribution < 1.29 is 92.1 Å². The van der Waals surface area contributed by atoms with E-state index in [1.165, 1.54) is 0 Å². The fourth-order valence-corrected chi connectivity index (χ4v) is 4.98. The lowest BCUT2D eigenvalue weighted by Gasteiger charge is -2.16. The van der Waals surface area contributed by atoms with Gasteiger partial charge in [0.05, 0.1) is 13.2 Å². The predicted octanol–water partition coefficient (Wildman–Crippen LogP) is -6.29. The van der Waals surface area contributed by atoms with E-state index in [9.17, 15) is 38.3 Å². The molecule has 1 aliphatic rings. The minimum atomic E-state index is -5.46. The van der Waals surface area contributed by atoms with Crippen LogP contribution in [0.25, 0.3) is 0 Å². The van der Waals surface area contributed by atoms with Crippen LogP contribution in [0.15, 0.2) is 21.9 Å². The Morgan fingerprint density at radius 3 is 1.82 bits per heavy atom. The number of aldehydes is 1. The predicted molar refractivity (Wildman–Crippen MR) is 122 cm³/mol. The molecule has 0 aromatic carbocycles. The van der Waals surface area contributed by atoms with Gasteiger partial charge >= 0.3 is 29.2 Å². The fraction of sp³-hybridized carbons (Fsp3) is 0.643. The Labute approximate surface area is 221 Å². The summed E-state index contributed by atoms with van der Waals surface area (Å²) in [5.74, 6) is 0. The van der Waals surface area contributed by atoms with Crippen molar-refractivity contribution in [3.8, 4) is 0 Å². The topological polar surface area (TPSA) is 394 Å². The fourth-order valence-electron chi connectivity index (χ4n) is 2.44. The standard InChI is InChI=1S/C9H12N2O6.C5H10O5.H5O10P3/c12-3-4-6(14)7(15)8(17-4)11-2-1-5(13)10-9(11)16;6-1-3(8)5(10)4(9)2-7;1-11(2,3)9-13(7,8)10-12(4,5)6/h1-2,4,6-8,12,14-15H,3H2,(H,10,13,16);1,3-5,7-10H,2H2;(H,7,8)(H2,1,2,3)(H2,4,5,6)/t4-,6-,7-,8-;;/m1../s1. The van der Waals surface area contributed by atoms with Crippen LogP contribution in [-0.2, 0) is 31.8 Å². The molecule has 13 N–H and O–H groups in total. The largest absolute Gasteiger partial charge is 0.490 e. The van der Waals surface area contributed by atoms with E-state index in [-0.39, 0.29) is 6.29 Å². The van der Waals surface area contributed by atoms with Crippen LogP contribution in [0.5, 0.6) is 0 Å².